The maximum Gasteiger partial charge on any atom is 0.326 e. The Bertz CT molecular complexity index is 673. The number of carbonyl (C=O) groups is 2. The van der Waals surface area contributed by atoms with E-state index in [0.29, 0.717) is 19.4 Å². The minimum atomic E-state index is -3.86. The van der Waals surface area contributed by atoms with Crippen molar-refractivity contribution in [2.24, 2.45) is 5.14 Å². The molecule has 1 atom stereocenters. The smallest absolute Gasteiger partial charge is 0.326 e. The molecule has 1 fully saturated rings. The zero-order valence-electron chi connectivity index (χ0n) is 11.0. The lowest BCUT2D eigenvalue weighted by Gasteiger charge is -2.21. The molecule has 1 aromatic rings. The van der Waals surface area contributed by atoms with Gasteiger partial charge in [0.15, 0.2) is 0 Å². The van der Waals surface area contributed by atoms with Crippen molar-refractivity contribution in [3.63, 3.8) is 0 Å². The molecule has 1 aromatic carbocycles. The molecule has 0 saturated carbocycles. The second-order valence-electron chi connectivity index (χ2n) is 4.69. The number of nitrogens with zero attached hydrogens (tertiary/aromatic N) is 1. The molecule has 0 bridgehead atoms. The third kappa shape index (κ3) is 3.50. The molecule has 1 aliphatic rings. The molecule has 0 aliphatic carbocycles. The topological polar surface area (TPSA) is 130 Å². The number of carbonyl (C=O) groups excluding carboxylic acids is 1. The van der Waals surface area contributed by atoms with Crippen molar-refractivity contribution in [2.75, 3.05) is 11.9 Å². The Hall–Kier alpha value is -2.13. The molecule has 21 heavy (non-hydrogen) atoms. The molecule has 2 amide bonds. The van der Waals surface area contributed by atoms with Crippen molar-refractivity contribution in [3.05, 3.63) is 24.3 Å². The number of hydrogen-bond donors (Lipinski definition) is 3. The first-order chi connectivity index (χ1) is 9.79. The molecular weight excluding hydrogens is 298 g/mol. The Balaban J connectivity index is 2.15. The fourth-order valence-electron chi connectivity index (χ4n) is 2.21. The molecule has 0 unspecified atom stereocenters. The van der Waals surface area contributed by atoms with Crippen LogP contribution in [0.25, 0.3) is 0 Å². The van der Waals surface area contributed by atoms with Crippen molar-refractivity contribution in [2.45, 2.75) is 23.8 Å². The summed E-state index contributed by atoms with van der Waals surface area (Å²) in [7, 11) is -3.86. The van der Waals surface area contributed by atoms with Gasteiger partial charge in [0.05, 0.1) is 4.90 Å². The average Bonchev–Trinajstić information content (AvgIpc) is 2.87. The van der Waals surface area contributed by atoms with Crippen LogP contribution in [0.2, 0.25) is 0 Å². The van der Waals surface area contributed by atoms with Gasteiger partial charge in [-0.05, 0) is 31.0 Å². The van der Waals surface area contributed by atoms with Crippen molar-refractivity contribution >= 4 is 27.7 Å². The lowest BCUT2D eigenvalue weighted by molar-refractivity contribution is -0.141. The Labute approximate surface area is 121 Å². The molecule has 8 nitrogen and oxygen atoms in total. The third-order valence-corrected chi connectivity index (χ3v) is 4.12. The van der Waals surface area contributed by atoms with E-state index in [9.17, 15) is 18.0 Å². The second-order valence-corrected chi connectivity index (χ2v) is 6.25. The van der Waals surface area contributed by atoms with Crippen LogP contribution < -0.4 is 10.5 Å². The van der Waals surface area contributed by atoms with Gasteiger partial charge in [0.2, 0.25) is 10.0 Å². The Morgan fingerprint density at radius 2 is 2.10 bits per heavy atom. The van der Waals surface area contributed by atoms with Crippen LogP contribution in [-0.4, -0.2) is 43.0 Å². The summed E-state index contributed by atoms with van der Waals surface area (Å²) >= 11 is 0. The Morgan fingerprint density at radius 1 is 1.38 bits per heavy atom. The number of urea groups is 1. The lowest BCUT2D eigenvalue weighted by atomic mass is 10.2. The summed E-state index contributed by atoms with van der Waals surface area (Å²) in [6.45, 7) is 0.345. The fraction of sp³-hybridized carbons (Fsp3) is 0.333. The number of hydrogen-bond acceptors (Lipinski definition) is 4. The number of amides is 2. The first-order valence-corrected chi connectivity index (χ1v) is 7.77. The van der Waals surface area contributed by atoms with Crippen LogP contribution in [0.3, 0.4) is 0 Å². The third-order valence-electron chi connectivity index (χ3n) is 3.21. The van der Waals surface area contributed by atoms with Gasteiger partial charge < -0.3 is 15.3 Å². The van der Waals surface area contributed by atoms with Gasteiger partial charge in [-0.3, -0.25) is 0 Å². The number of nitrogens with one attached hydrogen (secondary N) is 1. The molecule has 1 heterocycles. The zero-order valence-corrected chi connectivity index (χ0v) is 11.8. The van der Waals surface area contributed by atoms with Crippen molar-refractivity contribution in [3.8, 4) is 0 Å². The number of nitrogens with two attached hydrogens (primary N) is 1. The SMILES string of the molecule is NS(=O)(=O)c1cccc(NC(=O)N2CCC[C@H]2C(=O)O)c1. The number of likely N-dealkylation sites (tertiary alicyclic amines) is 1. The molecule has 1 saturated heterocycles. The van der Waals surface area contributed by atoms with E-state index in [-0.39, 0.29) is 10.6 Å². The van der Waals surface area contributed by atoms with E-state index in [2.05, 4.69) is 5.32 Å². The second kappa shape index (κ2) is 5.70. The van der Waals surface area contributed by atoms with Crippen LogP contribution in [0.1, 0.15) is 12.8 Å². The molecule has 9 heteroatoms. The standard InChI is InChI=1S/C12H15N3O5S/c13-21(19,20)9-4-1-3-8(7-9)14-12(18)15-6-2-5-10(15)11(16)17/h1,3-4,7,10H,2,5-6H2,(H,14,18)(H,16,17)(H2,13,19,20)/t10-/m0/s1. The molecular formula is C12H15N3O5S. The molecule has 1 aliphatic heterocycles. The van der Waals surface area contributed by atoms with Crippen molar-refractivity contribution in [1.29, 1.82) is 0 Å². The Kier molecular flexibility index (Phi) is 4.14. The zero-order chi connectivity index (χ0) is 15.6. The predicted octanol–water partition coefficient (Wildman–Crippen LogP) is 0.415. The highest BCUT2D eigenvalue weighted by molar-refractivity contribution is 7.89. The number of anilines is 1. The van der Waals surface area contributed by atoms with E-state index in [1.165, 1.54) is 29.2 Å². The van der Waals surface area contributed by atoms with Gasteiger partial charge in [0, 0.05) is 12.2 Å². The molecule has 0 aromatic heterocycles. The van der Waals surface area contributed by atoms with Gasteiger partial charge in [-0.25, -0.2) is 23.1 Å². The summed E-state index contributed by atoms with van der Waals surface area (Å²) in [6.07, 6.45) is 1.02. The summed E-state index contributed by atoms with van der Waals surface area (Å²) < 4.78 is 22.5. The number of sulfonamides is 1. The molecule has 4 N–H and O–H groups in total. The molecule has 2 rings (SSSR count). The van der Waals surface area contributed by atoms with Crippen molar-refractivity contribution in [1.82, 2.24) is 4.90 Å². The highest BCUT2D eigenvalue weighted by Crippen LogP contribution is 2.20. The van der Waals surface area contributed by atoms with Gasteiger partial charge in [-0.15, -0.1) is 0 Å². The summed E-state index contributed by atoms with van der Waals surface area (Å²) in [5.74, 6) is -1.05. The minimum Gasteiger partial charge on any atom is -0.480 e. The number of rotatable bonds is 3. The van der Waals surface area contributed by atoms with E-state index in [4.69, 9.17) is 10.2 Å². The maximum atomic E-state index is 12.1. The van der Waals surface area contributed by atoms with Gasteiger partial charge in [0.1, 0.15) is 6.04 Å². The molecule has 114 valence electrons. The van der Waals surface area contributed by atoms with E-state index in [1.54, 1.807) is 0 Å². The van der Waals surface area contributed by atoms with Crippen LogP contribution in [0.15, 0.2) is 29.2 Å². The number of carboxylic acids is 1. The number of benzene rings is 1. The highest BCUT2D eigenvalue weighted by Gasteiger charge is 2.34. The van der Waals surface area contributed by atoms with E-state index < -0.39 is 28.1 Å². The van der Waals surface area contributed by atoms with E-state index in [0.717, 1.165) is 0 Å². The van der Waals surface area contributed by atoms with Crippen LogP contribution in [0.5, 0.6) is 0 Å². The van der Waals surface area contributed by atoms with Gasteiger partial charge in [-0.2, -0.15) is 0 Å². The average molecular weight is 313 g/mol. The normalized spacial score (nSPS) is 18.5. The number of primary sulfonamides is 1. The number of carboxylic acid groups (broad SMARTS) is 1. The summed E-state index contributed by atoms with van der Waals surface area (Å²) in [5, 5.41) is 16.5. The van der Waals surface area contributed by atoms with Gasteiger partial charge in [-0.1, -0.05) is 6.07 Å². The fourth-order valence-corrected chi connectivity index (χ4v) is 2.77. The Morgan fingerprint density at radius 3 is 2.71 bits per heavy atom. The molecule has 0 spiro atoms. The monoisotopic (exact) mass is 313 g/mol. The van der Waals surface area contributed by atoms with Crippen molar-refractivity contribution < 1.29 is 23.1 Å². The van der Waals surface area contributed by atoms with Gasteiger partial charge >= 0.3 is 12.0 Å². The summed E-state index contributed by atoms with van der Waals surface area (Å²) in [4.78, 5) is 24.2. The first kappa shape index (κ1) is 15.3. The van der Waals surface area contributed by atoms with E-state index in [1.807, 2.05) is 0 Å². The number of aliphatic carboxylic acids is 1. The largest absolute Gasteiger partial charge is 0.480 e. The predicted molar refractivity (Wildman–Crippen MR) is 74.2 cm³/mol. The van der Waals surface area contributed by atoms with Crippen LogP contribution in [0.4, 0.5) is 10.5 Å². The van der Waals surface area contributed by atoms with Crippen LogP contribution >= 0.6 is 0 Å². The first-order valence-electron chi connectivity index (χ1n) is 6.22. The lowest BCUT2D eigenvalue weighted by Crippen LogP contribution is -2.42. The van der Waals surface area contributed by atoms with Gasteiger partial charge in [0.25, 0.3) is 0 Å². The van der Waals surface area contributed by atoms with Crippen LogP contribution in [0, 0.1) is 0 Å². The molecule has 0 radical (unpaired) electrons. The van der Waals surface area contributed by atoms with Crippen LogP contribution in [-0.2, 0) is 14.8 Å². The summed E-state index contributed by atoms with van der Waals surface area (Å²) in [5.41, 5.74) is 0.238. The summed E-state index contributed by atoms with van der Waals surface area (Å²) in [6, 6.07) is 4.03. The quantitative estimate of drug-likeness (QED) is 0.744. The highest BCUT2D eigenvalue weighted by atomic mass is 32.2. The minimum absolute atomic E-state index is 0.128. The maximum absolute atomic E-state index is 12.1. The van der Waals surface area contributed by atoms with E-state index >= 15 is 0 Å².